The maximum Gasteiger partial charge on any atom is 0.251 e. The summed E-state index contributed by atoms with van der Waals surface area (Å²) in [4.78, 5) is 17.5. The van der Waals surface area contributed by atoms with E-state index < -0.39 is 0 Å². The van der Waals surface area contributed by atoms with Gasteiger partial charge in [0.05, 0.1) is 24.7 Å². The molecule has 1 heterocycles. The molecule has 0 saturated heterocycles. The number of fused-ring (bicyclic) bond motifs is 1. The highest BCUT2D eigenvalue weighted by Gasteiger charge is 2.12. The van der Waals surface area contributed by atoms with E-state index in [0.717, 1.165) is 35.6 Å². The van der Waals surface area contributed by atoms with Crippen LogP contribution in [-0.4, -0.2) is 22.6 Å². The van der Waals surface area contributed by atoms with Crippen molar-refractivity contribution in [2.24, 2.45) is 0 Å². The van der Waals surface area contributed by atoms with Gasteiger partial charge in [-0.05, 0) is 42.8 Å². The molecule has 0 aliphatic heterocycles. The van der Waals surface area contributed by atoms with E-state index in [0.29, 0.717) is 12.1 Å². The molecule has 0 atom stereocenters. The van der Waals surface area contributed by atoms with Crippen LogP contribution < -0.4 is 10.1 Å². The fourth-order valence-electron chi connectivity index (χ4n) is 4.98. The Labute approximate surface area is 224 Å². The van der Waals surface area contributed by atoms with Crippen molar-refractivity contribution < 1.29 is 9.53 Å². The van der Waals surface area contributed by atoms with E-state index in [1.165, 1.54) is 83.5 Å². The quantitative estimate of drug-likeness (QED) is 0.166. The number of rotatable bonds is 19. The number of amides is 1. The summed E-state index contributed by atoms with van der Waals surface area (Å²) in [7, 11) is 1.62. The average molecular weight is 506 g/mol. The summed E-state index contributed by atoms with van der Waals surface area (Å²) < 4.78 is 7.47. The van der Waals surface area contributed by atoms with Crippen molar-refractivity contribution in [1.29, 1.82) is 0 Å². The number of aryl methyl sites for hydroxylation is 1. The van der Waals surface area contributed by atoms with Gasteiger partial charge in [0.1, 0.15) is 11.6 Å². The minimum atomic E-state index is -0.0993. The maximum absolute atomic E-state index is 12.7. The van der Waals surface area contributed by atoms with E-state index >= 15 is 0 Å². The Morgan fingerprint density at radius 3 is 1.95 bits per heavy atom. The Hall–Kier alpha value is -2.82. The van der Waals surface area contributed by atoms with Crippen LogP contribution in [0.5, 0.6) is 5.75 Å². The lowest BCUT2D eigenvalue weighted by atomic mass is 10.0. The Morgan fingerprint density at radius 1 is 0.784 bits per heavy atom. The molecule has 1 aromatic heterocycles. The number of imidazole rings is 1. The normalized spacial score (nSPS) is 11.2. The number of carbonyl (C=O) groups excluding carboxylic acids is 1. The van der Waals surface area contributed by atoms with Crippen molar-refractivity contribution in [1.82, 2.24) is 14.9 Å². The number of para-hydroxylation sites is 2. The molecule has 0 saturated carbocycles. The standard InChI is InChI=1S/C32H47N3O2/c1-3-4-5-6-7-8-9-10-11-12-13-14-15-18-25-35-30-20-17-16-19-29(30)34-31(35)26-33-32(36)27-21-23-28(37-2)24-22-27/h16-17,19-24H,3-15,18,25-26H2,1-2H3,(H,33,36). The van der Waals surface area contributed by atoms with E-state index in [1.54, 1.807) is 31.4 Å². The van der Waals surface area contributed by atoms with Gasteiger partial charge in [-0.1, -0.05) is 103 Å². The van der Waals surface area contributed by atoms with Gasteiger partial charge in [0.2, 0.25) is 0 Å². The molecule has 0 spiro atoms. The molecule has 37 heavy (non-hydrogen) atoms. The molecular weight excluding hydrogens is 458 g/mol. The van der Waals surface area contributed by atoms with Crippen LogP contribution in [0, 0.1) is 0 Å². The number of ether oxygens (including phenoxy) is 1. The number of carbonyl (C=O) groups is 1. The molecule has 0 fully saturated rings. The zero-order valence-corrected chi connectivity index (χ0v) is 23.1. The third-order valence-electron chi connectivity index (χ3n) is 7.23. The van der Waals surface area contributed by atoms with Gasteiger partial charge in [-0.3, -0.25) is 4.79 Å². The lowest BCUT2D eigenvalue weighted by Crippen LogP contribution is -2.24. The van der Waals surface area contributed by atoms with Crippen molar-refractivity contribution in [2.45, 2.75) is 110 Å². The molecule has 3 aromatic rings. The Balaban J connectivity index is 1.36. The first-order valence-corrected chi connectivity index (χ1v) is 14.6. The second kappa shape index (κ2) is 16.8. The number of methoxy groups -OCH3 is 1. The molecule has 0 radical (unpaired) electrons. The van der Waals surface area contributed by atoms with Crippen LogP contribution in [0.4, 0.5) is 0 Å². The monoisotopic (exact) mass is 505 g/mol. The molecule has 3 rings (SSSR count). The number of benzene rings is 2. The predicted octanol–water partition coefficient (Wildman–Crippen LogP) is 8.46. The number of nitrogens with zero attached hydrogens (tertiary/aromatic N) is 2. The molecule has 0 bridgehead atoms. The highest BCUT2D eigenvalue weighted by Crippen LogP contribution is 2.19. The minimum Gasteiger partial charge on any atom is -0.497 e. The largest absolute Gasteiger partial charge is 0.497 e. The fraction of sp³-hybridized carbons (Fsp3) is 0.562. The number of hydrogen-bond acceptors (Lipinski definition) is 3. The zero-order chi connectivity index (χ0) is 26.1. The molecule has 5 heteroatoms. The van der Waals surface area contributed by atoms with Gasteiger partial charge < -0.3 is 14.6 Å². The lowest BCUT2D eigenvalue weighted by molar-refractivity contribution is 0.0949. The fourth-order valence-corrected chi connectivity index (χ4v) is 4.98. The summed E-state index contributed by atoms with van der Waals surface area (Å²) in [5.74, 6) is 1.56. The van der Waals surface area contributed by atoms with Gasteiger partial charge in [-0.2, -0.15) is 0 Å². The number of unbranched alkanes of at least 4 members (excludes halogenated alkanes) is 13. The van der Waals surface area contributed by atoms with E-state index in [9.17, 15) is 4.79 Å². The molecule has 1 N–H and O–H groups in total. The highest BCUT2D eigenvalue weighted by molar-refractivity contribution is 5.94. The zero-order valence-electron chi connectivity index (χ0n) is 23.1. The number of hydrogen-bond donors (Lipinski definition) is 1. The lowest BCUT2D eigenvalue weighted by Gasteiger charge is -2.11. The molecule has 1 amide bonds. The van der Waals surface area contributed by atoms with Crippen LogP contribution in [0.15, 0.2) is 48.5 Å². The summed E-state index contributed by atoms with van der Waals surface area (Å²) in [5.41, 5.74) is 2.75. The third-order valence-corrected chi connectivity index (χ3v) is 7.23. The van der Waals surface area contributed by atoms with E-state index in [2.05, 4.69) is 28.9 Å². The van der Waals surface area contributed by atoms with Crippen molar-refractivity contribution in [2.75, 3.05) is 7.11 Å². The third kappa shape index (κ3) is 9.87. The van der Waals surface area contributed by atoms with Gasteiger partial charge in [0.25, 0.3) is 5.91 Å². The number of nitrogens with one attached hydrogen (secondary N) is 1. The molecule has 202 valence electrons. The first-order valence-electron chi connectivity index (χ1n) is 14.6. The van der Waals surface area contributed by atoms with Gasteiger partial charge in [0, 0.05) is 12.1 Å². The first-order chi connectivity index (χ1) is 18.2. The van der Waals surface area contributed by atoms with Crippen LogP contribution in [0.2, 0.25) is 0 Å². The minimum absolute atomic E-state index is 0.0993. The smallest absolute Gasteiger partial charge is 0.251 e. The van der Waals surface area contributed by atoms with Crippen molar-refractivity contribution >= 4 is 16.9 Å². The molecule has 5 nitrogen and oxygen atoms in total. The first kappa shape index (κ1) is 28.7. The van der Waals surface area contributed by atoms with Crippen LogP contribution >= 0.6 is 0 Å². The van der Waals surface area contributed by atoms with Crippen molar-refractivity contribution in [3.8, 4) is 5.75 Å². The van der Waals surface area contributed by atoms with Crippen LogP contribution in [0.3, 0.4) is 0 Å². The topological polar surface area (TPSA) is 56.2 Å². The summed E-state index contributed by atoms with van der Waals surface area (Å²) in [6, 6.07) is 15.4. The van der Waals surface area contributed by atoms with Gasteiger partial charge >= 0.3 is 0 Å². The van der Waals surface area contributed by atoms with Crippen molar-refractivity contribution in [3.05, 3.63) is 59.9 Å². The van der Waals surface area contributed by atoms with Crippen molar-refractivity contribution in [3.63, 3.8) is 0 Å². The SMILES string of the molecule is CCCCCCCCCCCCCCCCn1c(CNC(=O)c2ccc(OC)cc2)nc2ccccc21. The van der Waals surface area contributed by atoms with Gasteiger partial charge in [-0.25, -0.2) is 4.98 Å². The van der Waals surface area contributed by atoms with E-state index in [-0.39, 0.29) is 5.91 Å². The van der Waals surface area contributed by atoms with Gasteiger partial charge in [0.15, 0.2) is 0 Å². The second-order valence-corrected chi connectivity index (χ2v) is 10.2. The van der Waals surface area contributed by atoms with Crippen LogP contribution in [0.25, 0.3) is 11.0 Å². The highest BCUT2D eigenvalue weighted by atomic mass is 16.5. The molecule has 0 aliphatic rings. The summed E-state index contributed by atoms with van der Waals surface area (Å²) >= 11 is 0. The molecule has 0 unspecified atom stereocenters. The molecular formula is C32H47N3O2. The summed E-state index contributed by atoms with van der Waals surface area (Å²) in [6.07, 6.45) is 19.0. The van der Waals surface area contributed by atoms with Crippen LogP contribution in [0.1, 0.15) is 113 Å². The average Bonchev–Trinajstić information content (AvgIpc) is 3.29. The second-order valence-electron chi connectivity index (χ2n) is 10.2. The van der Waals surface area contributed by atoms with Crippen LogP contribution in [-0.2, 0) is 13.1 Å². The van der Waals surface area contributed by atoms with Gasteiger partial charge in [-0.15, -0.1) is 0 Å². The Morgan fingerprint density at radius 2 is 1.35 bits per heavy atom. The van der Waals surface area contributed by atoms with E-state index in [1.807, 2.05) is 12.1 Å². The molecule has 2 aromatic carbocycles. The predicted molar refractivity (Wildman–Crippen MR) is 154 cm³/mol. The van der Waals surface area contributed by atoms with E-state index in [4.69, 9.17) is 9.72 Å². The number of aromatic nitrogens is 2. The summed E-state index contributed by atoms with van der Waals surface area (Å²) in [5, 5.41) is 3.04. The Kier molecular flexibility index (Phi) is 13.1. The summed E-state index contributed by atoms with van der Waals surface area (Å²) in [6.45, 7) is 3.63. The Bertz CT molecular complexity index is 1040. The maximum atomic E-state index is 12.7. The molecule has 0 aliphatic carbocycles.